The summed E-state index contributed by atoms with van der Waals surface area (Å²) in [5.74, 6) is 0. The zero-order valence-electron chi connectivity index (χ0n) is 35.4. The topological polar surface area (TPSA) is 21.3 Å². The molecule has 0 saturated heterocycles. The molecule has 0 atom stereocenters. The predicted molar refractivity (Wildman–Crippen MR) is 274 cm³/mol. The first-order valence-corrected chi connectivity index (χ1v) is 22.3. The van der Waals surface area contributed by atoms with Crippen LogP contribution < -0.4 is 4.90 Å². The van der Waals surface area contributed by atoms with E-state index in [-0.39, 0.29) is 0 Å². The second-order valence-electron chi connectivity index (χ2n) is 16.8. The molecule has 0 fully saturated rings. The van der Waals surface area contributed by atoms with Crippen LogP contribution in [0.2, 0.25) is 0 Å². The third-order valence-electron chi connectivity index (χ3n) is 13.2. The Balaban J connectivity index is 1.06. The summed E-state index contributed by atoms with van der Waals surface area (Å²) < 4.78 is 9.29. The second-order valence-corrected chi connectivity index (χ2v) is 16.8. The lowest BCUT2D eigenvalue weighted by molar-refractivity contribution is 0.670. The minimum Gasteiger partial charge on any atom is -0.455 e. The average molecular weight is 829 g/mol. The number of aromatic nitrogens is 1. The van der Waals surface area contributed by atoms with E-state index < -0.39 is 0 Å². The Labute approximate surface area is 376 Å². The number of nitrogens with zero attached hydrogens (tertiary/aromatic N) is 2. The summed E-state index contributed by atoms with van der Waals surface area (Å²) >= 11 is 0. The fraction of sp³-hybridized carbons (Fsp3) is 0. The van der Waals surface area contributed by atoms with Crippen LogP contribution >= 0.6 is 0 Å². The molecule has 0 aliphatic carbocycles. The van der Waals surface area contributed by atoms with Gasteiger partial charge in [0.2, 0.25) is 0 Å². The van der Waals surface area contributed by atoms with E-state index in [1.807, 2.05) is 0 Å². The smallest absolute Gasteiger partial charge is 0.145 e. The number of fused-ring (bicyclic) bond motifs is 9. The first kappa shape index (κ1) is 36.9. The van der Waals surface area contributed by atoms with Crippen molar-refractivity contribution in [1.29, 1.82) is 0 Å². The molecule has 3 heteroatoms. The van der Waals surface area contributed by atoms with E-state index in [0.717, 1.165) is 61.4 Å². The highest BCUT2D eigenvalue weighted by molar-refractivity contribution is 6.21. The molecule has 11 aromatic carbocycles. The van der Waals surface area contributed by atoms with Gasteiger partial charge in [-0.05, 0) is 93.0 Å². The van der Waals surface area contributed by atoms with Crippen molar-refractivity contribution in [3.8, 4) is 39.1 Å². The van der Waals surface area contributed by atoms with Crippen LogP contribution in [0.5, 0.6) is 0 Å². The van der Waals surface area contributed by atoms with Gasteiger partial charge in [-0.25, -0.2) is 0 Å². The maximum atomic E-state index is 6.85. The highest BCUT2D eigenvalue weighted by Crippen LogP contribution is 2.49. The molecule has 0 radical (unpaired) electrons. The third-order valence-corrected chi connectivity index (χ3v) is 13.2. The van der Waals surface area contributed by atoms with Gasteiger partial charge < -0.3 is 13.9 Å². The van der Waals surface area contributed by atoms with Gasteiger partial charge in [-0.1, -0.05) is 188 Å². The molecule has 2 aromatic heterocycles. The molecule has 0 N–H and O–H groups in total. The van der Waals surface area contributed by atoms with Gasteiger partial charge in [-0.3, -0.25) is 0 Å². The molecule has 65 heavy (non-hydrogen) atoms. The minimum atomic E-state index is 0.865. The number of furan rings is 1. The molecule has 13 aromatic rings. The van der Waals surface area contributed by atoms with Gasteiger partial charge in [0.25, 0.3) is 0 Å². The minimum absolute atomic E-state index is 0.865. The summed E-state index contributed by atoms with van der Waals surface area (Å²) in [5.41, 5.74) is 15.4. The zero-order chi connectivity index (χ0) is 42.8. The molecule has 0 spiro atoms. The first-order valence-electron chi connectivity index (χ1n) is 22.3. The number of anilines is 3. The maximum Gasteiger partial charge on any atom is 0.145 e. The fourth-order valence-electron chi connectivity index (χ4n) is 10.3. The van der Waals surface area contributed by atoms with Crippen molar-refractivity contribution in [2.75, 3.05) is 4.90 Å². The van der Waals surface area contributed by atoms with Crippen molar-refractivity contribution >= 4 is 82.4 Å². The van der Waals surface area contributed by atoms with E-state index in [0.29, 0.717) is 0 Å². The predicted octanol–water partition coefficient (Wildman–Crippen LogP) is 17.5. The number of hydrogen-bond donors (Lipinski definition) is 0. The SMILES string of the molecule is c1ccc(-c2ccc(N(c3ccc(-c4cccc5c4c4cccc(-c6ccccc6)c4n5-c4ccccc4)cc3)c3cccc4ccc5ccccc5c34)c3c2oc2ccccc23)cc1. The molecule has 2 heterocycles. The van der Waals surface area contributed by atoms with Gasteiger partial charge in [0.05, 0.1) is 27.8 Å². The highest BCUT2D eigenvalue weighted by Gasteiger charge is 2.25. The molecular weight excluding hydrogens is 789 g/mol. The average Bonchev–Trinajstić information content (AvgIpc) is 3.94. The van der Waals surface area contributed by atoms with Crippen molar-refractivity contribution < 1.29 is 4.42 Å². The standard InChI is InChI=1S/C62H40N2O/c1-4-17-41(18-5-1)50-28-15-29-53-59-49(27-16-31-55(59)64(61(50)53)46-23-8-3-9-24-46)44-35-37-47(38-36-44)63(54-30-14-22-45-34-33-43-21-10-11-25-48(43)58(45)54)56-40-39-51(42-19-6-2-7-20-42)62-60(56)52-26-12-13-32-57(52)65-62/h1-40H. The van der Waals surface area contributed by atoms with Gasteiger partial charge in [0.1, 0.15) is 11.2 Å². The summed E-state index contributed by atoms with van der Waals surface area (Å²) in [5, 5.41) is 9.43. The number of rotatable bonds is 7. The molecule has 0 bridgehead atoms. The van der Waals surface area contributed by atoms with Crippen LogP contribution in [0, 0.1) is 0 Å². The normalized spacial score (nSPS) is 11.7. The van der Waals surface area contributed by atoms with E-state index in [2.05, 4.69) is 252 Å². The lowest BCUT2D eigenvalue weighted by atomic mass is 9.96. The van der Waals surface area contributed by atoms with Crippen molar-refractivity contribution in [3.63, 3.8) is 0 Å². The van der Waals surface area contributed by atoms with Crippen LogP contribution in [-0.2, 0) is 0 Å². The molecule has 0 aliphatic rings. The van der Waals surface area contributed by atoms with Gasteiger partial charge >= 0.3 is 0 Å². The van der Waals surface area contributed by atoms with E-state index in [9.17, 15) is 0 Å². The number of para-hydroxylation sites is 3. The number of hydrogen-bond acceptors (Lipinski definition) is 2. The summed E-state index contributed by atoms with van der Waals surface area (Å²) in [6, 6.07) is 87.6. The van der Waals surface area contributed by atoms with Gasteiger partial charge in [-0.2, -0.15) is 0 Å². The number of benzene rings is 11. The lowest BCUT2D eigenvalue weighted by Crippen LogP contribution is -2.11. The summed E-state index contributed by atoms with van der Waals surface area (Å²) in [6.45, 7) is 0. The Morgan fingerprint density at radius 1 is 0.338 bits per heavy atom. The van der Waals surface area contributed by atoms with Crippen LogP contribution in [0.1, 0.15) is 0 Å². The van der Waals surface area contributed by atoms with Crippen LogP contribution in [0.25, 0.3) is 104 Å². The van der Waals surface area contributed by atoms with Crippen LogP contribution in [0.15, 0.2) is 247 Å². The molecular formula is C62H40N2O. The van der Waals surface area contributed by atoms with Crippen molar-refractivity contribution in [1.82, 2.24) is 4.57 Å². The Hall–Kier alpha value is -8.66. The molecule has 304 valence electrons. The van der Waals surface area contributed by atoms with E-state index in [1.165, 1.54) is 60.0 Å². The van der Waals surface area contributed by atoms with E-state index in [1.54, 1.807) is 0 Å². The van der Waals surface area contributed by atoms with Gasteiger partial charge in [-0.15, -0.1) is 0 Å². The quantitative estimate of drug-likeness (QED) is 0.149. The molecule has 0 saturated carbocycles. The third kappa shape index (κ3) is 5.90. The van der Waals surface area contributed by atoms with Crippen LogP contribution in [0.3, 0.4) is 0 Å². The Morgan fingerprint density at radius 3 is 1.72 bits per heavy atom. The van der Waals surface area contributed by atoms with E-state index in [4.69, 9.17) is 4.42 Å². The summed E-state index contributed by atoms with van der Waals surface area (Å²) in [6.07, 6.45) is 0. The Bertz CT molecular complexity index is 3920. The zero-order valence-corrected chi connectivity index (χ0v) is 35.4. The van der Waals surface area contributed by atoms with Crippen molar-refractivity contribution in [2.24, 2.45) is 0 Å². The Morgan fingerprint density at radius 2 is 0.923 bits per heavy atom. The lowest BCUT2D eigenvalue weighted by Gasteiger charge is -2.28. The molecule has 3 nitrogen and oxygen atoms in total. The van der Waals surface area contributed by atoms with E-state index >= 15 is 0 Å². The van der Waals surface area contributed by atoms with Gasteiger partial charge in [0, 0.05) is 44.0 Å². The molecule has 0 unspecified atom stereocenters. The molecule has 0 amide bonds. The van der Waals surface area contributed by atoms with Crippen molar-refractivity contribution in [3.05, 3.63) is 243 Å². The first-order chi connectivity index (χ1) is 32.3. The maximum absolute atomic E-state index is 6.85. The monoisotopic (exact) mass is 828 g/mol. The van der Waals surface area contributed by atoms with Gasteiger partial charge in [0.15, 0.2) is 0 Å². The van der Waals surface area contributed by atoms with Crippen LogP contribution in [-0.4, -0.2) is 4.57 Å². The molecule has 0 aliphatic heterocycles. The second kappa shape index (κ2) is 15.0. The largest absolute Gasteiger partial charge is 0.455 e. The summed E-state index contributed by atoms with van der Waals surface area (Å²) in [7, 11) is 0. The van der Waals surface area contributed by atoms with Crippen LogP contribution in [0.4, 0.5) is 17.1 Å². The van der Waals surface area contributed by atoms with Crippen molar-refractivity contribution in [2.45, 2.75) is 0 Å². The Kier molecular flexibility index (Phi) is 8.53. The molecule has 13 rings (SSSR count). The summed E-state index contributed by atoms with van der Waals surface area (Å²) in [4.78, 5) is 2.45. The fourth-order valence-corrected chi connectivity index (χ4v) is 10.3. The highest BCUT2D eigenvalue weighted by atomic mass is 16.3.